The first kappa shape index (κ1) is 24.0. The van der Waals surface area contributed by atoms with Crippen LogP contribution in [-0.2, 0) is 27.5 Å². The molecule has 0 aliphatic heterocycles. The van der Waals surface area contributed by atoms with Crippen molar-refractivity contribution in [1.29, 1.82) is 0 Å². The SMILES string of the molecule is C[C@@H](CCC(N)=O)[C@@H](C)OCc1ccc(C#CCNC(=O)OCc2ccccc2)cc1. The first-order chi connectivity index (χ1) is 14.9. The van der Waals surface area contributed by atoms with Crippen molar-refractivity contribution in [3.8, 4) is 11.8 Å². The molecule has 0 saturated carbocycles. The molecule has 6 nitrogen and oxygen atoms in total. The van der Waals surface area contributed by atoms with E-state index in [9.17, 15) is 9.59 Å². The molecule has 2 rings (SSSR count). The normalized spacial score (nSPS) is 12.2. The Kier molecular flexibility index (Phi) is 10.1. The van der Waals surface area contributed by atoms with Gasteiger partial charge in [0.1, 0.15) is 6.61 Å². The largest absolute Gasteiger partial charge is 0.445 e. The Labute approximate surface area is 184 Å². The molecule has 0 bridgehead atoms. The number of carbonyl (C=O) groups is 2. The molecule has 0 saturated heterocycles. The van der Waals surface area contributed by atoms with Gasteiger partial charge >= 0.3 is 6.09 Å². The topological polar surface area (TPSA) is 90.7 Å². The van der Waals surface area contributed by atoms with Gasteiger partial charge in [0.15, 0.2) is 0 Å². The molecule has 0 aliphatic rings. The van der Waals surface area contributed by atoms with Crippen molar-refractivity contribution in [2.75, 3.05) is 6.54 Å². The number of primary amides is 1. The standard InChI is InChI=1S/C25H30N2O4/c1-19(10-15-24(26)28)20(2)30-17-23-13-11-21(12-14-23)9-6-16-27-25(29)31-18-22-7-4-3-5-8-22/h3-5,7-8,11-14,19-20H,10,15-18H2,1-2H3,(H2,26,28)(H,27,29)/t19-,20+/m0/s1. The molecule has 164 valence electrons. The summed E-state index contributed by atoms with van der Waals surface area (Å²) in [5.41, 5.74) is 8.03. The maximum Gasteiger partial charge on any atom is 0.408 e. The Morgan fingerprint density at radius 1 is 1.00 bits per heavy atom. The molecule has 0 unspecified atom stereocenters. The second kappa shape index (κ2) is 13.1. The van der Waals surface area contributed by atoms with Gasteiger partial charge in [0.25, 0.3) is 0 Å². The zero-order valence-corrected chi connectivity index (χ0v) is 18.1. The minimum absolute atomic E-state index is 0.0338. The number of hydrogen-bond acceptors (Lipinski definition) is 4. The molecule has 0 spiro atoms. The molecule has 0 heterocycles. The lowest BCUT2D eigenvalue weighted by molar-refractivity contribution is -0.118. The number of nitrogens with two attached hydrogens (primary N) is 1. The predicted octanol–water partition coefficient (Wildman–Crippen LogP) is 3.77. The number of rotatable bonds is 10. The van der Waals surface area contributed by atoms with Crippen molar-refractivity contribution in [2.45, 2.75) is 46.0 Å². The highest BCUT2D eigenvalue weighted by Crippen LogP contribution is 2.15. The molecule has 2 amide bonds. The maximum absolute atomic E-state index is 11.7. The van der Waals surface area contributed by atoms with Crippen molar-refractivity contribution in [2.24, 2.45) is 11.7 Å². The van der Waals surface area contributed by atoms with Gasteiger partial charge in [-0.3, -0.25) is 4.79 Å². The molecule has 0 aromatic heterocycles. The lowest BCUT2D eigenvalue weighted by Gasteiger charge is -2.20. The average Bonchev–Trinajstić information content (AvgIpc) is 2.78. The van der Waals surface area contributed by atoms with Crippen LogP contribution in [0.15, 0.2) is 54.6 Å². The predicted molar refractivity (Wildman–Crippen MR) is 120 cm³/mol. The quantitative estimate of drug-likeness (QED) is 0.570. The van der Waals surface area contributed by atoms with Crippen molar-refractivity contribution < 1.29 is 19.1 Å². The Hall–Kier alpha value is -3.30. The summed E-state index contributed by atoms with van der Waals surface area (Å²) in [7, 11) is 0. The van der Waals surface area contributed by atoms with Crippen LogP contribution in [-0.4, -0.2) is 24.6 Å². The highest BCUT2D eigenvalue weighted by molar-refractivity contribution is 5.73. The summed E-state index contributed by atoms with van der Waals surface area (Å²) in [6, 6.07) is 17.3. The van der Waals surface area contributed by atoms with E-state index in [1.807, 2.05) is 61.5 Å². The fourth-order valence-corrected chi connectivity index (χ4v) is 2.72. The number of nitrogens with one attached hydrogen (secondary N) is 1. The lowest BCUT2D eigenvalue weighted by atomic mass is 10.00. The molecule has 2 atom stereocenters. The van der Waals surface area contributed by atoms with E-state index < -0.39 is 6.09 Å². The van der Waals surface area contributed by atoms with Crippen LogP contribution in [0.3, 0.4) is 0 Å². The number of alkyl carbamates (subject to hydrolysis) is 1. The number of amides is 2. The van der Waals surface area contributed by atoms with Gasteiger partial charge in [-0.15, -0.1) is 0 Å². The Balaban J connectivity index is 1.68. The second-order valence-corrected chi connectivity index (χ2v) is 7.41. The molecular formula is C25H30N2O4. The van der Waals surface area contributed by atoms with Crippen molar-refractivity contribution in [1.82, 2.24) is 5.32 Å². The van der Waals surface area contributed by atoms with Gasteiger partial charge in [-0.2, -0.15) is 0 Å². The summed E-state index contributed by atoms with van der Waals surface area (Å²) in [6.45, 7) is 4.98. The van der Waals surface area contributed by atoms with E-state index in [4.69, 9.17) is 15.2 Å². The van der Waals surface area contributed by atoms with Crippen LogP contribution in [0.25, 0.3) is 0 Å². The molecule has 3 N–H and O–H groups in total. The monoisotopic (exact) mass is 422 g/mol. The van der Waals surface area contributed by atoms with Gasteiger partial charge in [-0.25, -0.2) is 4.79 Å². The van der Waals surface area contributed by atoms with Crippen molar-refractivity contribution in [3.63, 3.8) is 0 Å². The third-order valence-corrected chi connectivity index (χ3v) is 4.88. The zero-order valence-electron chi connectivity index (χ0n) is 18.1. The zero-order chi connectivity index (χ0) is 22.5. The maximum atomic E-state index is 11.7. The Morgan fingerprint density at radius 3 is 2.35 bits per heavy atom. The van der Waals surface area contributed by atoms with Crippen LogP contribution < -0.4 is 11.1 Å². The molecular weight excluding hydrogens is 392 g/mol. The molecule has 2 aromatic carbocycles. The van der Waals surface area contributed by atoms with Gasteiger partial charge in [0, 0.05) is 12.0 Å². The third-order valence-electron chi connectivity index (χ3n) is 4.88. The number of carbonyl (C=O) groups excluding carboxylic acids is 2. The molecule has 2 aromatic rings. The van der Waals surface area contributed by atoms with Crippen LogP contribution in [0, 0.1) is 17.8 Å². The van der Waals surface area contributed by atoms with Crippen LogP contribution in [0.4, 0.5) is 4.79 Å². The van der Waals surface area contributed by atoms with E-state index in [0.29, 0.717) is 13.0 Å². The van der Waals surface area contributed by atoms with E-state index in [0.717, 1.165) is 23.1 Å². The van der Waals surface area contributed by atoms with Gasteiger partial charge in [0.05, 0.1) is 19.3 Å². The van der Waals surface area contributed by atoms with Gasteiger partial charge < -0.3 is 20.5 Å². The number of hydrogen-bond donors (Lipinski definition) is 2. The summed E-state index contributed by atoms with van der Waals surface area (Å²) >= 11 is 0. The molecule has 0 aliphatic carbocycles. The highest BCUT2D eigenvalue weighted by Gasteiger charge is 2.13. The van der Waals surface area contributed by atoms with Crippen LogP contribution in [0.2, 0.25) is 0 Å². The van der Waals surface area contributed by atoms with E-state index >= 15 is 0 Å². The summed E-state index contributed by atoms with van der Waals surface area (Å²) in [4.78, 5) is 22.6. The highest BCUT2D eigenvalue weighted by atomic mass is 16.5. The summed E-state index contributed by atoms with van der Waals surface area (Å²) in [6.07, 6.45) is 0.636. The van der Waals surface area contributed by atoms with Crippen molar-refractivity contribution in [3.05, 3.63) is 71.3 Å². The molecule has 0 fully saturated rings. The Morgan fingerprint density at radius 2 is 1.68 bits per heavy atom. The fraction of sp³-hybridized carbons (Fsp3) is 0.360. The van der Waals surface area contributed by atoms with Gasteiger partial charge in [0.2, 0.25) is 5.91 Å². The van der Waals surface area contributed by atoms with E-state index in [2.05, 4.69) is 24.1 Å². The fourth-order valence-electron chi connectivity index (χ4n) is 2.72. The first-order valence-electron chi connectivity index (χ1n) is 10.4. The minimum Gasteiger partial charge on any atom is -0.445 e. The third kappa shape index (κ3) is 9.83. The molecule has 6 heteroatoms. The summed E-state index contributed by atoms with van der Waals surface area (Å²) in [5.74, 6) is 5.89. The smallest absolute Gasteiger partial charge is 0.408 e. The van der Waals surface area contributed by atoms with E-state index in [1.54, 1.807) is 0 Å². The first-order valence-corrected chi connectivity index (χ1v) is 10.4. The van der Waals surface area contributed by atoms with Crippen LogP contribution >= 0.6 is 0 Å². The lowest BCUT2D eigenvalue weighted by Crippen LogP contribution is -2.24. The van der Waals surface area contributed by atoms with Crippen LogP contribution in [0.5, 0.6) is 0 Å². The summed E-state index contributed by atoms with van der Waals surface area (Å²) < 4.78 is 11.0. The molecule has 31 heavy (non-hydrogen) atoms. The van der Waals surface area contributed by atoms with Crippen molar-refractivity contribution >= 4 is 12.0 Å². The second-order valence-electron chi connectivity index (χ2n) is 7.41. The van der Waals surface area contributed by atoms with E-state index in [-0.39, 0.29) is 31.1 Å². The number of ether oxygens (including phenoxy) is 2. The van der Waals surface area contributed by atoms with E-state index in [1.165, 1.54) is 0 Å². The van der Waals surface area contributed by atoms with Gasteiger partial charge in [-0.05, 0) is 42.5 Å². The average molecular weight is 423 g/mol. The minimum atomic E-state index is -0.496. The Bertz CT molecular complexity index is 885. The molecule has 0 radical (unpaired) electrons. The van der Waals surface area contributed by atoms with Crippen LogP contribution in [0.1, 0.15) is 43.4 Å². The summed E-state index contributed by atoms with van der Waals surface area (Å²) in [5, 5.41) is 2.61. The number of benzene rings is 2. The van der Waals surface area contributed by atoms with Gasteiger partial charge in [-0.1, -0.05) is 61.2 Å².